The molecule has 0 saturated heterocycles. The van der Waals surface area contributed by atoms with Gasteiger partial charge in [-0.15, -0.1) is 0 Å². The second-order valence-corrected chi connectivity index (χ2v) is 3.41. The molecule has 13 heavy (non-hydrogen) atoms. The predicted octanol–water partition coefficient (Wildman–Crippen LogP) is 1.33. The predicted molar refractivity (Wildman–Crippen MR) is 48.2 cm³/mol. The van der Waals surface area contributed by atoms with Crippen molar-refractivity contribution in [3.8, 4) is 0 Å². The molecule has 74 valence electrons. The highest BCUT2D eigenvalue weighted by atomic mass is 16.6. The Kier molecular flexibility index (Phi) is 3.42. The van der Waals surface area contributed by atoms with E-state index in [-0.39, 0.29) is 12.0 Å². The van der Waals surface area contributed by atoms with Crippen LogP contribution in [0.3, 0.4) is 0 Å². The van der Waals surface area contributed by atoms with Crippen molar-refractivity contribution in [3.63, 3.8) is 0 Å². The van der Waals surface area contributed by atoms with Crippen LogP contribution < -0.4 is 0 Å². The number of hydrogen-bond acceptors (Lipinski definition) is 4. The van der Waals surface area contributed by atoms with Gasteiger partial charge in [-0.05, 0) is 19.8 Å². The maximum absolute atomic E-state index is 9.42. The highest BCUT2D eigenvalue weighted by molar-refractivity contribution is 5.05. The van der Waals surface area contributed by atoms with Crippen LogP contribution in [0.1, 0.15) is 31.7 Å². The van der Waals surface area contributed by atoms with Crippen molar-refractivity contribution in [2.75, 3.05) is 0 Å². The fraction of sp³-hybridized carbons (Fsp3) is 0.778. The van der Waals surface area contributed by atoms with Crippen molar-refractivity contribution in [1.82, 2.24) is 10.3 Å². The first-order valence-corrected chi connectivity index (χ1v) is 4.61. The van der Waals surface area contributed by atoms with E-state index in [1.54, 1.807) is 6.92 Å². The zero-order valence-electron chi connectivity index (χ0n) is 8.32. The minimum absolute atomic E-state index is 0.241. The zero-order valence-corrected chi connectivity index (χ0v) is 8.32. The third-order valence-corrected chi connectivity index (χ3v) is 2.41. The molecule has 0 aliphatic rings. The molecule has 1 heterocycles. The third-order valence-electron chi connectivity index (χ3n) is 2.41. The number of aryl methyl sites for hydroxylation is 1. The summed E-state index contributed by atoms with van der Waals surface area (Å²) in [4.78, 5) is 0. The molecule has 0 aromatic carbocycles. The van der Waals surface area contributed by atoms with Crippen molar-refractivity contribution < 1.29 is 9.74 Å². The van der Waals surface area contributed by atoms with E-state index in [2.05, 4.69) is 21.9 Å². The molecule has 4 nitrogen and oxygen atoms in total. The van der Waals surface area contributed by atoms with Crippen LogP contribution in [0.4, 0.5) is 0 Å². The topological polar surface area (TPSA) is 59.2 Å². The standard InChI is InChI=1S/C9H16N2O2/c1-4-8(7(3)12)5-9-6(2)10-13-11-9/h7-8,12H,4-5H2,1-3H3. The molecule has 0 aliphatic heterocycles. The second kappa shape index (κ2) is 4.37. The summed E-state index contributed by atoms with van der Waals surface area (Å²) < 4.78 is 4.59. The molecule has 2 atom stereocenters. The zero-order chi connectivity index (χ0) is 9.84. The van der Waals surface area contributed by atoms with E-state index in [0.717, 1.165) is 24.2 Å². The van der Waals surface area contributed by atoms with Crippen LogP contribution >= 0.6 is 0 Å². The smallest absolute Gasteiger partial charge is 0.108 e. The SMILES string of the molecule is CCC(Cc1nonc1C)C(C)O. The Morgan fingerprint density at radius 2 is 2.15 bits per heavy atom. The molecule has 0 radical (unpaired) electrons. The fourth-order valence-corrected chi connectivity index (χ4v) is 1.34. The van der Waals surface area contributed by atoms with E-state index < -0.39 is 0 Å². The first-order chi connectivity index (χ1) is 6.15. The number of hydrogen-bond donors (Lipinski definition) is 1. The number of rotatable bonds is 4. The lowest BCUT2D eigenvalue weighted by atomic mass is 9.94. The summed E-state index contributed by atoms with van der Waals surface area (Å²) in [6.45, 7) is 5.72. The minimum atomic E-state index is -0.305. The summed E-state index contributed by atoms with van der Waals surface area (Å²) in [5, 5.41) is 16.9. The van der Waals surface area contributed by atoms with Crippen LogP contribution in [0.15, 0.2) is 4.63 Å². The van der Waals surface area contributed by atoms with E-state index in [9.17, 15) is 5.11 Å². The first-order valence-electron chi connectivity index (χ1n) is 4.61. The molecular weight excluding hydrogens is 168 g/mol. The quantitative estimate of drug-likeness (QED) is 0.766. The lowest BCUT2D eigenvalue weighted by Crippen LogP contribution is -2.18. The normalized spacial score (nSPS) is 15.7. The Balaban J connectivity index is 2.62. The molecule has 0 spiro atoms. The molecule has 1 rings (SSSR count). The molecule has 2 unspecified atom stereocenters. The Morgan fingerprint density at radius 1 is 1.46 bits per heavy atom. The molecule has 1 aromatic heterocycles. The number of aliphatic hydroxyl groups is 1. The molecule has 0 bridgehead atoms. The van der Waals surface area contributed by atoms with Crippen molar-refractivity contribution >= 4 is 0 Å². The largest absolute Gasteiger partial charge is 0.393 e. The monoisotopic (exact) mass is 184 g/mol. The van der Waals surface area contributed by atoms with Crippen LogP contribution in [0.25, 0.3) is 0 Å². The fourth-order valence-electron chi connectivity index (χ4n) is 1.34. The van der Waals surface area contributed by atoms with Crippen LogP contribution in [-0.4, -0.2) is 21.5 Å². The second-order valence-electron chi connectivity index (χ2n) is 3.41. The van der Waals surface area contributed by atoms with Gasteiger partial charge in [0, 0.05) is 6.42 Å². The van der Waals surface area contributed by atoms with Gasteiger partial charge >= 0.3 is 0 Å². The van der Waals surface area contributed by atoms with E-state index in [0.29, 0.717) is 0 Å². The lowest BCUT2D eigenvalue weighted by Gasteiger charge is -2.15. The van der Waals surface area contributed by atoms with Crippen molar-refractivity contribution in [2.45, 2.75) is 39.7 Å². The van der Waals surface area contributed by atoms with E-state index in [1.165, 1.54) is 0 Å². The summed E-state index contributed by atoms with van der Waals surface area (Å²) in [6, 6.07) is 0. The first kappa shape index (κ1) is 10.2. The van der Waals surface area contributed by atoms with Crippen LogP contribution in [0.2, 0.25) is 0 Å². The molecule has 0 amide bonds. The number of aromatic nitrogens is 2. The highest BCUT2D eigenvalue weighted by Gasteiger charge is 2.17. The summed E-state index contributed by atoms with van der Waals surface area (Å²) in [6.07, 6.45) is 1.37. The number of nitrogens with zero attached hydrogens (tertiary/aromatic N) is 2. The average Bonchev–Trinajstić information content (AvgIpc) is 2.46. The van der Waals surface area contributed by atoms with E-state index >= 15 is 0 Å². The maximum Gasteiger partial charge on any atom is 0.108 e. The van der Waals surface area contributed by atoms with Crippen molar-refractivity contribution in [2.24, 2.45) is 5.92 Å². The van der Waals surface area contributed by atoms with Crippen LogP contribution in [-0.2, 0) is 6.42 Å². The minimum Gasteiger partial charge on any atom is -0.393 e. The van der Waals surface area contributed by atoms with Crippen molar-refractivity contribution in [1.29, 1.82) is 0 Å². The highest BCUT2D eigenvalue weighted by Crippen LogP contribution is 2.16. The van der Waals surface area contributed by atoms with Gasteiger partial charge in [-0.25, -0.2) is 4.63 Å². The summed E-state index contributed by atoms with van der Waals surface area (Å²) >= 11 is 0. The molecule has 0 fully saturated rings. The Bertz CT molecular complexity index is 258. The summed E-state index contributed by atoms with van der Waals surface area (Å²) in [5.74, 6) is 0.241. The van der Waals surface area contributed by atoms with Gasteiger partial charge < -0.3 is 5.11 Å². The third kappa shape index (κ3) is 2.52. The average molecular weight is 184 g/mol. The van der Waals surface area contributed by atoms with Crippen LogP contribution in [0, 0.1) is 12.8 Å². The van der Waals surface area contributed by atoms with Gasteiger partial charge in [0.2, 0.25) is 0 Å². The number of aliphatic hydroxyl groups excluding tert-OH is 1. The molecule has 1 N–H and O–H groups in total. The molecular formula is C9H16N2O2. The maximum atomic E-state index is 9.42. The molecule has 4 heteroatoms. The Morgan fingerprint density at radius 3 is 2.54 bits per heavy atom. The Labute approximate surface area is 77.9 Å². The van der Waals surface area contributed by atoms with Crippen LogP contribution in [0.5, 0.6) is 0 Å². The molecule has 0 aliphatic carbocycles. The van der Waals surface area contributed by atoms with Gasteiger partial charge in [0.25, 0.3) is 0 Å². The summed E-state index contributed by atoms with van der Waals surface area (Å²) in [5.41, 5.74) is 1.67. The van der Waals surface area contributed by atoms with Gasteiger partial charge in [0.1, 0.15) is 11.4 Å². The summed E-state index contributed by atoms with van der Waals surface area (Å²) in [7, 11) is 0. The van der Waals surface area contributed by atoms with Gasteiger partial charge in [0.15, 0.2) is 0 Å². The van der Waals surface area contributed by atoms with E-state index in [4.69, 9.17) is 0 Å². The Hall–Kier alpha value is -0.900. The van der Waals surface area contributed by atoms with Gasteiger partial charge in [-0.1, -0.05) is 23.7 Å². The van der Waals surface area contributed by atoms with Gasteiger partial charge in [-0.3, -0.25) is 0 Å². The van der Waals surface area contributed by atoms with E-state index in [1.807, 2.05) is 6.92 Å². The van der Waals surface area contributed by atoms with Crippen molar-refractivity contribution in [3.05, 3.63) is 11.4 Å². The lowest BCUT2D eigenvalue weighted by molar-refractivity contribution is 0.121. The van der Waals surface area contributed by atoms with Gasteiger partial charge in [-0.2, -0.15) is 0 Å². The molecule has 0 saturated carbocycles. The molecule has 1 aromatic rings. The van der Waals surface area contributed by atoms with Gasteiger partial charge in [0.05, 0.1) is 6.10 Å².